The summed E-state index contributed by atoms with van der Waals surface area (Å²) in [6.45, 7) is 1.93. The maximum atomic E-state index is 9.25. The molecule has 5 heteroatoms. The molecule has 1 saturated heterocycles. The summed E-state index contributed by atoms with van der Waals surface area (Å²) in [5.41, 5.74) is 0. The van der Waals surface area contributed by atoms with Gasteiger partial charge in [-0.25, -0.2) is 0 Å². The highest BCUT2D eigenvalue weighted by Crippen LogP contribution is 2.35. The second-order valence-corrected chi connectivity index (χ2v) is 5.11. The molecule has 1 atom stereocenters. The standard InChI is InChI=1S/C12H19N3O2/c16-8-10-5-2-6-15(10)7-11-13-14-12(17-11)9-3-1-4-9/h9-10,16H,1-8H2/t10-/m1/s1. The van der Waals surface area contributed by atoms with Gasteiger partial charge in [-0.15, -0.1) is 10.2 Å². The van der Waals surface area contributed by atoms with Crippen molar-refractivity contribution in [3.8, 4) is 0 Å². The van der Waals surface area contributed by atoms with Crippen LogP contribution in [-0.2, 0) is 6.54 Å². The maximum absolute atomic E-state index is 9.25. The zero-order valence-electron chi connectivity index (χ0n) is 10.0. The summed E-state index contributed by atoms with van der Waals surface area (Å²) < 4.78 is 5.70. The highest BCUT2D eigenvalue weighted by molar-refractivity contribution is 4.96. The molecule has 1 aliphatic carbocycles. The molecule has 94 valence electrons. The van der Waals surface area contributed by atoms with E-state index in [1.165, 1.54) is 19.3 Å². The first-order valence-corrected chi connectivity index (χ1v) is 6.54. The average molecular weight is 237 g/mol. The van der Waals surface area contributed by atoms with Crippen molar-refractivity contribution in [1.82, 2.24) is 15.1 Å². The first-order valence-electron chi connectivity index (χ1n) is 6.54. The highest BCUT2D eigenvalue weighted by atomic mass is 16.4. The fourth-order valence-corrected chi connectivity index (χ4v) is 2.63. The minimum absolute atomic E-state index is 0.226. The van der Waals surface area contributed by atoms with E-state index in [2.05, 4.69) is 15.1 Å². The summed E-state index contributed by atoms with van der Waals surface area (Å²) in [6, 6.07) is 0.272. The number of rotatable bonds is 4. The van der Waals surface area contributed by atoms with E-state index < -0.39 is 0 Å². The summed E-state index contributed by atoms with van der Waals surface area (Å²) >= 11 is 0. The summed E-state index contributed by atoms with van der Waals surface area (Å²) in [5, 5.41) is 17.5. The molecule has 0 radical (unpaired) electrons. The van der Waals surface area contributed by atoms with Crippen LogP contribution < -0.4 is 0 Å². The third-order valence-corrected chi connectivity index (χ3v) is 3.99. The zero-order chi connectivity index (χ0) is 11.7. The Bertz CT molecular complexity index is 376. The maximum Gasteiger partial charge on any atom is 0.230 e. The van der Waals surface area contributed by atoms with Crippen LogP contribution in [0.2, 0.25) is 0 Å². The van der Waals surface area contributed by atoms with Crippen molar-refractivity contribution in [3.05, 3.63) is 11.8 Å². The number of aromatic nitrogens is 2. The highest BCUT2D eigenvalue weighted by Gasteiger charge is 2.28. The van der Waals surface area contributed by atoms with Crippen molar-refractivity contribution in [3.63, 3.8) is 0 Å². The third-order valence-electron chi connectivity index (χ3n) is 3.99. The van der Waals surface area contributed by atoms with Gasteiger partial charge in [0.15, 0.2) is 0 Å². The number of aliphatic hydroxyl groups excluding tert-OH is 1. The Morgan fingerprint density at radius 2 is 2.12 bits per heavy atom. The molecule has 1 saturated carbocycles. The van der Waals surface area contributed by atoms with Crippen molar-refractivity contribution < 1.29 is 9.52 Å². The minimum atomic E-state index is 0.226. The van der Waals surface area contributed by atoms with E-state index in [0.717, 1.165) is 25.3 Å². The Morgan fingerprint density at radius 1 is 1.24 bits per heavy atom. The van der Waals surface area contributed by atoms with Gasteiger partial charge in [0.25, 0.3) is 0 Å². The monoisotopic (exact) mass is 237 g/mol. The molecule has 2 fully saturated rings. The largest absolute Gasteiger partial charge is 0.424 e. The smallest absolute Gasteiger partial charge is 0.230 e. The number of aliphatic hydroxyl groups is 1. The lowest BCUT2D eigenvalue weighted by molar-refractivity contribution is 0.143. The van der Waals surface area contributed by atoms with Gasteiger partial charge in [0.1, 0.15) is 0 Å². The Kier molecular flexibility index (Phi) is 3.11. The Morgan fingerprint density at radius 3 is 2.82 bits per heavy atom. The predicted molar refractivity (Wildman–Crippen MR) is 61.4 cm³/mol. The van der Waals surface area contributed by atoms with Gasteiger partial charge in [-0.2, -0.15) is 0 Å². The third kappa shape index (κ3) is 2.21. The van der Waals surface area contributed by atoms with Gasteiger partial charge in [-0.05, 0) is 32.2 Å². The molecule has 0 amide bonds. The van der Waals surface area contributed by atoms with Crippen LogP contribution in [0.25, 0.3) is 0 Å². The molecule has 0 unspecified atom stereocenters. The van der Waals surface area contributed by atoms with E-state index in [1.54, 1.807) is 0 Å². The van der Waals surface area contributed by atoms with E-state index in [4.69, 9.17) is 4.42 Å². The van der Waals surface area contributed by atoms with E-state index in [9.17, 15) is 5.11 Å². The number of hydrogen-bond acceptors (Lipinski definition) is 5. The van der Waals surface area contributed by atoms with Crippen molar-refractivity contribution in [2.45, 2.75) is 50.6 Å². The first kappa shape index (κ1) is 11.2. The number of likely N-dealkylation sites (tertiary alicyclic amines) is 1. The van der Waals surface area contributed by atoms with Gasteiger partial charge in [0.05, 0.1) is 13.2 Å². The normalized spacial score (nSPS) is 26.3. The van der Waals surface area contributed by atoms with Gasteiger partial charge < -0.3 is 9.52 Å². The molecular formula is C12H19N3O2. The zero-order valence-corrected chi connectivity index (χ0v) is 10.0. The van der Waals surface area contributed by atoms with E-state index in [-0.39, 0.29) is 12.6 Å². The number of hydrogen-bond donors (Lipinski definition) is 1. The van der Waals surface area contributed by atoms with E-state index >= 15 is 0 Å². The van der Waals surface area contributed by atoms with Crippen molar-refractivity contribution >= 4 is 0 Å². The minimum Gasteiger partial charge on any atom is -0.424 e. The molecule has 2 heterocycles. The van der Waals surface area contributed by atoms with Crippen LogP contribution in [0.15, 0.2) is 4.42 Å². The van der Waals surface area contributed by atoms with Crippen molar-refractivity contribution in [2.75, 3.05) is 13.2 Å². The summed E-state index contributed by atoms with van der Waals surface area (Å²) in [4.78, 5) is 2.23. The molecule has 1 aromatic rings. The van der Waals surface area contributed by atoms with Crippen molar-refractivity contribution in [1.29, 1.82) is 0 Å². The Hall–Kier alpha value is -0.940. The Labute approximate surface area is 101 Å². The van der Waals surface area contributed by atoms with Crippen LogP contribution >= 0.6 is 0 Å². The van der Waals surface area contributed by atoms with Gasteiger partial charge >= 0.3 is 0 Å². The Balaban J connectivity index is 1.62. The average Bonchev–Trinajstić information content (AvgIpc) is 2.86. The molecule has 5 nitrogen and oxygen atoms in total. The molecule has 3 rings (SSSR count). The molecule has 1 aromatic heterocycles. The van der Waals surface area contributed by atoms with Gasteiger partial charge in [-0.1, -0.05) is 6.42 Å². The van der Waals surface area contributed by atoms with Crippen LogP contribution in [-0.4, -0.2) is 39.4 Å². The fraction of sp³-hybridized carbons (Fsp3) is 0.833. The van der Waals surface area contributed by atoms with Gasteiger partial charge in [-0.3, -0.25) is 4.90 Å². The summed E-state index contributed by atoms with van der Waals surface area (Å²) in [6.07, 6.45) is 5.87. The summed E-state index contributed by atoms with van der Waals surface area (Å²) in [5.74, 6) is 2.02. The number of nitrogens with zero attached hydrogens (tertiary/aromatic N) is 3. The van der Waals surface area contributed by atoms with E-state index in [0.29, 0.717) is 18.4 Å². The van der Waals surface area contributed by atoms with E-state index in [1.807, 2.05) is 0 Å². The quantitative estimate of drug-likeness (QED) is 0.855. The lowest BCUT2D eigenvalue weighted by atomic mass is 9.85. The first-order chi connectivity index (χ1) is 8.36. The van der Waals surface area contributed by atoms with Crippen LogP contribution in [0.5, 0.6) is 0 Å². The topological polar surface area (TPSA) is 62.4 Å². The summed E-state index contributed by atoms with van der Waals surface area (Å²) in [7, 11) is 0. The molecule has 2 aliphatic rings. The fourth-order valence-electron chi connectivity index (χ4n) is 2.63. The van der Waals surface area contributed by atoms with Crippen LogP contribution in [0, 0.1) is 0 Å². The van der Waals surface area contributed by atoms with Gasteiger partial charge in [0.2, 0.25) is 11.8 Å². The molecule has 1 N–H and O–H groups in total. The van der Waals surface area contributed by atoms with Crippen LogP contribution in [0.1, 0.15) is 49.8 Å². The van der Waals surface area contributed by atoms with Crippen molar-refractivity contribution in [2.24, 2.45) is 0 Å². The molecule has 17 heavy (non-hydrogen) atoms. The molecular weight excluding hydrogens is 218 g/mol. The van der Waals surface area contributed by atoms with Crippen LogP contribution in [0.4, 0.5) is 0 Å². The van der Waals surface area contributed by atoms with Crippen LogP contribution in [0.3, 0.4) is 0 Å². The second kappa shape index (κ2) is 4.74. The molecule has 0 spiro atoms. The SMILES string of the molecule is OC[C@H]1CCCN1Cc1nnc(C2CCC2)o1. The van der Waals surface area contributed by atoms with Gasteiger partial charge in [0, 0.05) is 12.0 Å². The predicted octanol–water partition coefficient (Wildman–Crippen LogP) is 1.29. The second-order valence-electron chi connectivity index (χ2n) is 5.11. The lowest BCUT2D eigenvalue weighted by Gasteiger charge is -2.21. The molecule has 0 aromatic carbocycles. The molecule has 0 bridgehead atoms. The lowest BCUT2D eigenvalue weighted by Crippen LogP contribution is -2.31. The molecule has 1 aliphatic heterocycles.